The van der Waals surface area contributed by atoms with E-state index in [4.69, 9.17) is 5.73 Å². The Bertz CT molecular complexity index is 767. The van der Waals surface area contributed by atoms with Crippen molar-refractivity contribution in [2.75, 3.05) is 11.1 Å². The van der Waals surface area contributed by atoms with Crippen LogP contribution in [-0.4, -0.2) is 20.2 Å². The first kappa shape index (κ1) is 12.9. The fourth-order valence-electron chi connectivity index (χ4n) is 2.05. The van der Waals surface area contributed by atoms with Crippen molar-refractivity contribution in [1.82, 2.24) is 20.2 Å². The molecule has 6 nitrogen and oxygen atoms in total. The highest BCUT2D eigenvalue weighted by Gasteiger charge is 2.10. The van der Waals surface area contributed by atoms with Crippen LogP contribution in [0, 0.1) is 0 Å². The average molecular weight is 333 g/mol. The van der Waals surface area contributed by atoms with E-state index in [9.17, 15) is 0 Å². The van der Waals surface area contributed by atoms with Crippen LogP contribution in [0.25, 0.3) is 11.0 Å². The normalized spacial score (nSPS) is 10.9. The number of halogens is 1. The molecule has 7 heteroatoms. The van der Waals surface area contributed by atoms with Gasteiger partial charge in [-0.3, -0.25) is 5.10 Å². The van der Waals surface area contributed by atoms with Gasteiger partial charge < -0.3 is 11.1 Å². The maximum atomic E-state index is 5.71. The third-order valence-electron chi connectivity index (χ3n) is 3.03. The van der Waals surface area contributed by atoms with Crippen LogP contribution in [0.2, 0.25) is 0 Å². The molecule has 0 atom stereocenters. The molecule has 0 aliphatic carbocycles. The Balaban J connectivity index is 2.07. The lowest BCUT2D eigenvalue weighted by Gasteiger charge is -2.11. The first-order valence-electron chi connectivity index (χ1n) is 6.19. The topological polar surface area (TPSA) is 92.5 Å². The number of aryl methyl sites for hydroxylation is 1. The molecule has 102 valence electrons. The highest BCUT2D eigenvalue weighted by atomic mass is 79.9. The van der Waals surface area contributed by atoms with Gasteiger partial charge in [0.05, 0.1) is 11.6 Å². The monoisotopic (exact) mass is 332 g/mol. The number of aromatic nitrogens is 4. The quantitative estimate of drug-likeness (QED) is 0.685. The van der Waals surface area contributed by atoms with Crippen LogP contribution in [0.3, 0.4) is 0 Å². The Morgan fingerprint density at radius 1 is 1.35 bits per heavy atom. The summed E-state index contributed by atoms with van der Waals surface area (Å²) in [5.74, 6) is 0.859. The molecule has 0 radical (unpaired) electrons. The summed E-state index contributed by atoms with van der Waals surface area (Å²) >= 11 is 3.48. The molecule has 2 heterocycles. The van der Waals surface area contributed by atoms with Crippen molar-refractivity contribution in [2.45, 2.75) is 13.3 Å². The molecule has 0 saturated carbocycles. The zero-order valence-corrected chi connectivity index (χ0v) is 12.4. The number of nitrogens with one attached hydrogen (secondary N) is 2. The van der Waals surface area contributed by atoms with E-state index < -0.39 is 0 Å². The minimum Gasteiger partial charge on any atom is -0.368 e. The van der Waals surface area contributed by atoms with Gasteiger partial charge in [-0.25, -0.2) is 0 Å². The Morgan fingerprint density at radius 2 is 2.20 bits per heavy atom. The lowest BCUT2D eigenvalue weighted by Crippen LogP contribution is -2.02. The molecule has 0 bridgehead atoms. The van der Waals surface area contributed by atoms with Crippen LogP contribution in [0.1, 0.15) is 12.5 Å². The number of H-pyrrole nitrogens is 1. The van der Waals surface area contributed by atoms with Crippen molar-refractivity contribution in [3.63, 3.8) is 0 Å². The lowest BCUT2D eigenvalue weighted by molar-refractivity contribution is 1.09. The second-order valence-corrected chi connectivity index (χ2v) is 5.26. The van der Waals surface area contributed by atoms with Gasteiger partial charge in [0, 0.05) is 10.2 Å². The number of fused-ring (bicyclic) bond motifs is 1. The van der Waals surface area contributed by atoms with Crippen molar-refractivity contribution in [3.05, 3.63) is 34.4 Å². The van der Waals surface area contributed by atoms with Crippen LogP contribution < -0.4 is 11.1 Å². The van der Waals surface area contributed by atoms with Gasteiger partial charge in [0.2, 0.25) is 5.95 Å². The molecule has 20 heavy (non-hydrogen) atoms. The highest BCUT2D eigenvalue weighted by Crippen LogP contribution is 2.27. The zero-order valence-electron chi connectivity index (χ0n) is 10.8. The van der Waals surface area contributed by atoms with Gasteiger partial charge in [-0.1, -0.05) is 22.9 Å². The van der Waals surface area contributed by atoms with Crippen molar-refractivity contribution < 1.29 is 0 Å². The summed E-state index contributed by atoms with van der Waals surface area (Å²) in [5.41, 5.74) is 8.52. The molecule has 3 rings (SSSR count). The molecule has 0 aliphatic heterocycles. The summed E-state index contributed by atoms with van der Waals surface area (Å²) in [7, 11) is 0. The maximum absolute atomic E-state index is 5.71. The van der Waals surface area contributed by atoms with Gasteiger partial charge in [-0.2, -0.15) is 15.1 Å². The van der Waals surface area contributed by atoms with Crippen molar-refractivity contribution in [1.29, 1.82) is 0 Å². The summed E-state index contributed by atoms with van der Waals surface area (Å²) in [6.45, 7) is 2.11. The van der Waals surface area contributed by atoms with Gasteiger partial charge in [0.15, 0.2) is 5.65 Å². The third kappa shape index (κ3) is 2.32. The van der Waals surface area contributed by atoms with Crippen molar-refractivity contribution in [3.8, 4) is 0 Å². The summed E-state index contributed by atoms with van der Waals surface area (Å²) in [6, 6.07) is 6.07. The minimum absolute atomic E-state index is 0.208. The Morgan fingerprint density at radius 3 is 3.00 bits per heavy atom. The van der Waals surface area contributed by atoms with Gasteiger partial charge in [0.25, 0.3) is 0 Å². The summed E-state index contributed by atoms with van der Waals surface area (Å²) in [6.07, 6.45) is 2.60. The average Bonchev–Trinajstić information content (AvgIpc) is 2.88. The second-order valence-electron chi connectivity index (χ2n) is 4.34. The number of nitrogens with two attached hydrogens (primary N) is 1. The largest absolute Gasteiger partial charge is 0.368 e. The first-order valence-corrected chi connectivity index (χ1v) is 6.98. The number of nitrogen functional groups attached to an aromatic ring is 1. The Kier molecular flexibility index (Phi) is 3.27. The lowest BCUT2D eigenvalue weighted by atomic mass is 10.1. The SMILES string of the molecule is CCc1cc(Br)ccc1Nc1nc(N)nc2[nH]ncc12. The van der Waals surface area contributed by atoms with Crippen LogP contribution >= 0.6 is 15.9 Å². The smallest absolute Gasteiger partial charge is 0.224 e. The van der Waals surface area contributed by atoms with E-state index in [1.807, 2.05) is 12.1 Å². The number of nitrogens with zero attached hydrogens (tertiary/aromatic N) is 3. The molecule has 0 unspecified atom stereocenters. The molecule has 0 aliphatic rings. The molecule has 1 aromatic carbocycles. The van der Waals surface area contributed by atoms with Gasteiger partial charge in [-0.15, -0.1) is 0 Å². The molecular formula is C13H13BrN6. The van der Waals surface area contributed by atoms with Crippen LogP contribution in [0.15, 0.2) is 28.9 Å². The van der Waals surface area contributed by atoms with E-state index in [0.717, 1.165) is 22.0 Å². The molecule has 0 amide bonds. The Labute approximate surface area is 123 Å². The predicted molar refractivity (Wildman–Crippen MR) is 82.9 cm³/mol. The summed E-state index contributed by atoms with van der Waals surface area (Å²) in [4.78, 5) is 8.35. The van der Waals surface area contributed by atoms with Gasteiger partial charge in [0.1, 0.15) is 5.82 Å². The molecule has 3 aromatic rings. The van der Waals surface area contributed by atoms with Crippen LogP contribution in [0.4, 0.5) is 17.5 Å². The third-order valence-corrected chi connectivity index (χ3v) is 3.52. The number of rotatable bonds is 3. The summed E-state index contributed by atoms with van der Waals surface area (Å²) < 4.78 is 1.05. The van der Waals surface area contributed by atoms with E-state index in [2.05, 4.69) is 54.4 Å². The Hall–Kier alpha value is -2.15. The van der Waals surface area contributed by atoms with Crippen LogP contribution in [0.5, 0.6) is 0 Å². The fraction of sp³-hybridized carbons (Fsp3) is 0.154. The van der Waals surface area contributed by atoms with Crippen LogP contribution in [-0.2, 0) is 6.42 Å². The number of hydrogen-bond acceptors (Lipinski definition) is 5. The molecule has 4 N–H and O–H groups in total. The number of anilines is 3. The van der Waals surface area contributed by atoms with E-state index in [-0.39, 0.29) is 5.95 Å². The van der Waals surface area contributed by atoms with E-state index in [1.54, 1.807) is 6.20 Å². The number of benzene rings is 1. The van der Waals surface area contributed by atoms with Crippen molar-refractivity contribution in [2.24, 2.45) is 0 Å². The fourth-order valence-corrected chi connectivity index (χ4v) is 2.46. The van der Waals surface area contributed by atoms with Gasteiger partial charge >= 0.3 is 0 Å². The van der Waals surface area contributed by atoms with Crippen molar-refractivity contribution >= 4 is 44.4 Å². The summed E-state index contributed by atoms with van der Waals surface area (Å²) in [5, 5.41) is 10.9. The van der Waals surface area contributed by atoms with E-state index >= 15 is 0 Å². The maximum Gasteiger partial charge on any atom is 0.224 e. The van der Waals surface area contributed by atoms with E-state index in [0.29, 0.717) is 11.5 Å². The standard InChI is InChI=1S/C13H13BrN6/c1-2-7-5-8(14)3-4-10(7)17-11-9-6-16-20-12(9)19-13(15)18-11/h3-6H,2H2,1H3,(H4,15,16,17,18,19,20). The molecule has 0 fully saturated rings. The molecular weight excluding hydrogens is 320 g/mol. The first-order chi connectivity index (χ1) is 9.67. The molecule has 0 saturated heterocycles. The predicted octanol–water partition coefficient (Wildman–Crippen LogP) is 3.00. The molecule has 0 spiro atoms. The van der Waals surface area contributed by atoms with E-state index in [1.165, 1.54) is 5.56 Å². The van der Waals surface area contributed by atoms with Gasteiger partial charge in [-0.05, 0) is 30.2 Å². The second kappa shape index (κ2) is 5.09. The zero-order chi connectivity index (χ0) is 14.1. The number of aromatic amines is 1. The number of hydrogen-bond donors (Lipinski definition) is 3. The molecule has 2 aromatic heterocycles. The minimum atomic E-state index is 0.208. The highest BCUT2D eigenvalue weighted by molar-refractivity contribution is 9.10.